The monoisotopic (exact) mass is 351 g/mol. The average Bonchev–Trinajstić information content (AvgIpc) is 3.03. The van der Waals surface area contributed by atoms with Crippen molar-refractivity contribution in [2.75, 3.05) is 59.9 Å². The van der Waals surface area contributed by atoms with E-state index in [1.165, 1.54) is 30.9 Å². The highest BCUT2D eigenvalue weighted by Gasteiger charge is 2.22. The Morgan fingerprint density at radius 1 is 1.25 bits per heavy atom. The third-order valence-electron chi connectivity index (χ3n) is 4.64. The molecule has 2 N–H and O–H groups in total. The molecule has 1 aromatic heterocycles. The van der Waals surface area contributed by atoms with Gasteiger partial charge in [0.25, 0.3) is 0 Å². The summed E-state index contributed by atoms with van der Waals surface area (Å²) in [7, 11) is 4.05. The lowest BCUT2D eigenvalue weighted by molar-refractivity contribution is 0.280. The minimum Gasteiger partial charge on any atom is -0.356 e. The molecule has 0 spiro atoms. The fourth-order valence-electron chi connectivity index (χ4n) is 2.93. The average molecular weight is 352 g/mol. The Balaban J connectivity index is 1.71. The molecule has 0 bridgehead atoms. The zero-order valence-corrected chi connectivity index (χ0v) is 16.5. The largest absolute Gasteiger partial charge is 0.356 e. The molecule has 24 heavy (non-hydrogen) atoms. The fraction of sp³-hybridized carbons (Fsp3) is 0.722. The molecule has 0 aliphatic carbocycles. The molecule has 6 heteroatoms. The number of thiophene rings is 1. The van der Waals surface area contributed by atoms with Crippen molar-refractivity contribution >= 4 is 17.3 Å². The molecule has 0 radical (unpaired) electrons. The van der Waals surface area contributed by atoms with Gasteiger partial charge in [-0.25, -0.2) is 0 Å². The Labute approximate surface area is 151 Å². The van der Waals surface area contributed by atoms with Gasteiger partial charge in [-0.1, -0.05) is 19.9 Å². The van der Waals surface area contributed by atoms with Crippen LogP contribution in [-0.2, 0) is 5.41 Å². The highest BCUT2D eigenvalue weighted by Crippen LogP contribution is 2.26. The maximum Gasteiger partial charge on any atom is 0.191 e. The Morgan fingerprint density at radius 3 is 2.79 bits per heavy atom. The molecule has 0 saturated carbocycles. The van der Waals surface area contributed by atoms with Gasteiger partial charge in [-0.05, 0) is 38.0 Å². The molecule has 0 aromatic carbocycles. The molecule has 136 valence electrons. The van der Waals surface area contributed by atoms with E-state index in [0.29, 0.717) is 0 Å². The molecule has 0 amide bonds. The van der Waals surface area contributed by atoms with Crippen molar-refractivity contribution in [3.05, 3.63) is 22.4 Å². The van der Waals surface area contributed by atoms with Crippen molar-refractivity contribution in [3.63, 3.8) is 0 Å². The maximum atomic E-state index is 4.36. The van der Waals surface area contributed by atoms with Gasteiger partial charge in [0.1, 0.15) is 0 Å². The first-order valence-corrected chi connectivity index (χ1v) is 9.78. The second-order valence-electron chi connectivity index (χ2n) is 7.21. The summed E-state index contributed by atoms with van der Waals surface area (Å²) in [6, 6.07) is 4.33. The van der Waals surface area contributed by atoms with Gasteiger partial charge in [0.15, 0.2) is 5.96 Å². The van der Waals surface area contributed by atoms with Gasteiger partial charge in [-0.3, -0.25) is 4.99 Å². The van der Waals surface area contributed by atoms with E-state index in [0.717, 1.165) is 32.1 Å². The van der Waals surface area contributed by atoms with E-state index in [2.05, 4.69) is 63.8 Å². The molecular weight excluding hydrogens is 318 g/mol. The van der Waals surface area contributed by atoms with Crippen LogP contribution in [0.3, 0.4) is 0 Å². The summed E-state index contributed by atoms with van der Waals surface area (Å²) in [5.41, 5.74) is 0.112. The molecule has 5 nitrogen and oxygen atoms in total. The van der Waals surface area contributed by atoms with E-state index < -0.39 is 0 Å². The smallest absolute Gasteiger partial charge is 0.191 e. The van der Waals surface area contributed by atoms with Crippen LogP contribution < -0.4 is 10.6 Å². The maximum absolute atomic E-state index is 4.36. The lowest BCUT2D eigenvalue weighted by Gasteiger charge is -2.25. The zero-order chi connectivity index (χ0) is 17.4. The lowest BCUT2D eigenvalue weighted by atomic mass is 9.91. The number of likely N-dealkylation sites (N-methyl/N-ethyl adjacent to an activating group) is 1. The molecule has 0 atom stereocenters. The summed E-state index contributed by atoms with van der Waals surface area (Å²) in [6.45, 7) is 12.2. The predicted octanol–water partition coefficient (Wildman–Crippen LogP) is 1.83. The second-order valence-corrected chi connectivity index (χ2v) is 8.16. The van der Waals surface area contributed by atoms with E-state index in [9.17, 15) is 0 Å². The first-order valence-electron chi connectivity index (χ1n) is 8.91. The van der Waals surface area contributed by atoms with Crippen LogP contribution in [-0.4, -0.2) is 75.7 Å². The van der Waals surface area contributed by atoms with Crippen LogP contribution in [0.5, 0.6) is 0 Å². The van der Waals surface area contributed by atoms with Crippen molar-refractivity contribution in [1.29, 1.82) is 0 Å². The Kier molecular flexibility index (Phi) is 7.52. The van der Waals surface area contributed by atoms with Crippen molar-refractivity contribution in [2.24, 2.45) is 4.99 Å². The number of nitrogens with zero attached hydrogens (tertiary/aromatic N) is 3. The van der Waals surface area contributed by atoms with Gasteiger partial charge < -0.3 is 20.4 Å². The lowest BCUT2D eigenvalue weighted by Crippen LogP contribution is -2.45. The SMILES string of the molecule is CN=C(NCCN1CCCN(C)CC1)NCC(C)(C)c1cccs1. The zero-order valence-electron chi connectivity index (χ0n) is 15.6. The van der Waals surface area contributed by atoms with Gasteiger partial charge in [0.05, 0.1) is 0 Å². The summed E-state index contributed by atoms with van der Waals surface area (Å²) in [4.78, 5) is 10.7. The number of hydrogen-bond donors (Lipinski definition) is 2. The minimum absolute atomic E-state index is 0.112. The van der Waals surface area contributed by atoms with E-state index >= 15 is 0 Å². The van der Waals surface area contributed by atoms with E-state index in [1.807, 2.05) is 18.4 Å². The standard InChI is InChI=1S/C18H33N5S/c1-18(2,16-7-5-14-24-16)15-21-17(19-3)20-8-11-23-10-6-9-22(4)12-13-23/h5,7,14H,6,8-13,15H2,1-4H3,(H2,19,20,21). The Morgan fingerprint density at radius 2 is 2.08 bits per heavy atom. The normalized spacial score (nSPS) is 18.4. The van der Waals surface area contributed by atoms with Gasteiger partial charge in [-0.15, -0.1) is 11.3 Å². The van der Waals surface area contributed by atoms with Crippen LogP contribution >= 0.6 is 11.3 Å². The van der Waals surface area contributed by atoms with E-state index in [4.69, 9.17) is 0 Å². The topological polar surface area (TPSA) is 42.9 Å². The van der Waals surface area contributed by atoms with Gasteiger partial charge in [0, 0.05) is 50.1 Å². The number of rotatable bonds is 6. The second kappa shape index (κ2) is 9.39. The molecule has 1 aromatic rings. The van der Waals surface area contributed by atoms with Crippen LogP contribution in [0.2, 0.25) is 0 Å². The van der Waals surface area contributed by atoms with Crippen LogP contribution in [0, 0.1) is 0 Å². The van der Waals surface area contributed by atoms with E-state index in [-0.39, 0.29) is 5.41 Å². The highest BCUT2D eigenvalue weighted by molar-refractivity contribution is 7.10. The van der Waals surface area contributed by atoms with Crippen LogP contribution in [0.15, 0.2) is 22.5 Å². The van der Waals surface area contributed by atoms with Crippen LogP contribution in [0.25, 0.3) is 0 Å². The molecular formula is C18H33N5S. The Bertz CT molecular complexity index is 498. The first kappa shape index (κ1) is 19.2. The van der Waals surface area contributed by atoms with Crippen molar-refractivity contribution < 1.29 is 0 Å². The minimum atomic E-state index is 0.112. The van der Waals surface area contributed by atoms with Crippen molar-refractivity contribution in [1.82, 2.24) is 20.4 Å². The summed E-state index contributed by atoms with van der Waals surface area (Å²) < 4.78 is 0. The van der Waals surface area contributed by atoms with Gasteiger partial charge >= 0.3 is 0 Å². The van der Waals surface area contributed by atoms with Crippen molar-refractivity contribution in [3.8, 4) is 0 Å². The Hall–Kier alpha value is -1.11. The molecule has 1 aliphatic heterocycles. The third-order valence-corrected chi connectivity index (χ3v) is 5.88. The quantitative estimate of drug-likeness (QED) is 0.606. The predicted molar refractivity (Wildman–Crippen MR) is 105 cm³/mol. The van der Waals surface area contributed by atoms with Gasteiger partial charge in [0.2, 0.25) is 0 Å². The number of hydrogen-bond acceptors (Lipinski definition) is 4. The first-order chi connectivity index (χ1) is 11.5. The number of guanidine groups is 1. The molecule has 1 saturated heterocycles. The molecule has 0 unspecified atom stereocenters. The van der Waals surface area contributed by atoms with Crippen LogP contribution in [0.1, 0.15) is 25.1 Å². The molecule has 1 fully saturated rings. The molecule has 1 aliphatic rings. The summed E-state index contributed by atoms with van der Waals surface area (Å²) in [6.07, 6.45) is 1.26. The molecule has 2 rings (SSSR count). The van der Waals surface area contributed by atoms with Crippen molar-refractivity contribution in [2.45, 2.75) is 25.7 Å². The molecule has 2 heterocycles. The number of aliphatic imine (C=N–C) groups is 1. The highest BCUT2D eigenvalue weighted by atomic mass is 32.1. The fourth-order valence-corrected chi connectivity index (χ4v) is 3.78. The number of nitrogens with one attached hydrogen (secondary N) is 2. The van der Waals surface area contributed by atoms with Gasteiger partial charge in [-0.2, -0.15) is 0 Å². The van der Waals surface area contributed by atoms with E-state index in [1.54, 1.807) is 0 Å². The van der Waals surface area contributed by atoms with Crippen LogP contribution in [0.4, 0.5) is 0 Å². The summed E-state index contributed by atoms with van der Waals surface area (Å²) in [5, 5.41) is 9.07. The summed E-state index contributed by atoms with van der Waals surface area (Å²) >= 11 is 1.82. The summed E-state index contributed by atoms with van der Waals surface area (Å²) in [5.74, 6) is 0.895. The third kappa shape index (κ3) is 6.07.